The molecule has 42 heavy (non-hydrogen) atoms. The molecule has 0 saturated carbocycles. The van der Waals surface area contributed by atoms with Crippen molar-refractivity contribution >= 4 is 37.6 Å². The van der Waals surface area contributed by atoms with Crippen molar-refractivity contribution in [1.29, 1.82) is 0 Å². The third-order valence-electron chi connectivity index (χ3n) is 7.87. The van der Waals surface area contributed by atoms with E-state index in [1.807, 2.05) is 59.3 Å². The zero-order valence-corrected chi connectivity index (χ0v) is 24.0. The Morgan fingerprint density at radius 3 is 2.60 bits per heavy atom. The molecule has 0 amide bonds. The van der Waals surface area contributed by atoms with Gasteiger partial charge in [0, 0.05) is 44.4 Å². The van der Waals surface area contributed by atoms with Gasteiger partial charge in [-0.25, -0.2) is 9.67 Å². The van der Waals surface area contributed by atoms with Crippen LogP contribution in [-0.4, -0.2) is 68.4 Å². The second kappa shape index (κ2) is 11.3. The van der Waals surface area contributed by atoms with Gasteiger partial charge in [0.2, 0.25) is 0 Å². The molecule has 0 bridgehead atoms. The molecule has 212 valence electrons. The number of aryl methyl sites for hydroxylation is 2. The van der Waals surface area contributed by atoms with Crippen LogP contribution in [0.1, 0.15) is 23.0 Å². The molecule has 3 aromatic heterocycles. The molecule has 6 aromatic rings. The summed E-state index contributed by atoms with van der Waals surface area (Å²) in [6, 6.07) is 25.8. The predicted octanol–water partition coefficient (Wildman–Crippen LogP) is 4.29. The van der Waals surface area contributed by atoms with Crippen molar-refractivity contribution in [2.75, 3.05) is 38.2 Å². The molecule has 0 aliphatic carbocycles. The van der Waals surface area contributed by atoms with Crippen LogP contribution in [0.15, 0.2) is 83.7 Å². The summed E-state index contributed by atoms with van der Waals surface area (Å²) in [6.07, 6.45) is 0.783. The molecule has 0 spiro atoms. The molecule has 4 heterocycles. The Kier molecular flexibility index (Phi) is 7.10. The quantitative estimate of drug-likeness (QED) is 0.285. The second-order valence-electron chi connectivity index (χ2n) is 10.4. The number of fused-ring (bicyclic) bond motifs is 2. The Morgan fingerprint density at radius 2 is 1.79 bits per heavy atom. The fourth-order valence-electron chi connectivity index (χ4n) is 5.64. The van der Waals surface area contributed by atoms with Gasteiger partial charge in [-0.1, -0.05) is 53.8 Å². The molecule has 1 fully saturated rings. The Labute approximate surface area is 246 Å². The summed E-state index contributed by atoms with van der Waals surface area (Å²) in [5.41, 5.74) is 3.42. The Bertz CT molecular complexity index is 1860. The summed E-state index contributed by atoms with van der Waals surface area (Å²) in [7, 11) is 1.62. The number of nitrogens with one attached hydrogen (secondary N) is 1. The lowest BCUT2D eigenvalue weighted by Gasteiger charge is -2.38. The highest BCUT2D eigenvalue weighted by atomic mass is 32.1. The summed E-state index contributed by atoms with van der Waals surface area (Å²) < 4.78 is 8.40. The highest BCUT2D eigenvalue weighted by Crippen LogP contribution is 2.32. The van der Waals surface area contributed by atoms with E-state index in [1.54, 1.807) is 18.4 Å². The van der Waals surface area contributed by atoms with Gasteiger partial charge < -0.3 is 14.6 Å². The first-order valence-corrected chi connectivity index (χ1v) is 14.8. The topological polar surface area (TPSA) is 105 Å². The molecule has 7 rings (SSSR count). The summed E-state index contributed by atoms with van der Waals surface area (Å²) in [5.74, 6) is 1.36. The summed E-state index contributed by atoms with van der Waals surface area (Å²) in [6.45, 7) is 3.63. The average Bonchev–Trinajstić information content (AvgIpc) is 3.68. The normalized spacial score (nSPS) is 14.9. The Balaban J connectivity index is 1.22. The smallest absolute Gasteiger partial charge is 0.253 e. The number of ether oxygens (including phenoxy) is 1. The van der Waals surface area contributed by atoms with Gasteiger partial charge in [0.15, 0.2) is 11.0 Å². The molecular weight excluding hydrogens is 548 g/mol. The van der Waals surface area contributed by atoms with Crippen molar-refractivity contribution in [1.82, 2.24) is 35.1 Å². The summed E-state index contributed by atoms with van der Waals surface area (Å²) in [4.78, 5) is 26.3. The van der Waals surface area contributed by atoms with Crippen molar-refractivity contribution in [3.8, 4) is 5.75 Å². The highest BCUT2D eigenvalue weighted by molar-refractivity contribution is 7.22. The first-order chi connectivity index (χ1) is 20.7. The number of piperazine rings is 1. The van der Waals surface area contributed by atoms with Gasteiger partial charge in [-0.3, -0.25) is 9.69 Å². The number of aromatic amines is 1. The molecular formula is C31H30N8O2S. The summed E-state index contributed by atoms with van der Waals surface area (Å²) >= 11 is 1.72. The number of rotatable bonds is 8. The van der Waals surface area contributed by atoms with Crippen LogP contribution in [-0.2, 0) is 13.0 Å². The lowest BCUT2D eigenvalue weighted by atomic mass is 10.0. The number of hydrogen-bond acceptors (Lipinski definition) is 9. The minimum absolute atomic E-state index is 0.160. The van der Waals surface area contributed by atoms with Crippen LogP contribution < -0.4 is 15.2 Å². The van der Waals surface area contributed by atoms with Gasteiger partial charge in [0.05, 0.1) is 22.8 Å². The van der Waals surface area contributed by atoms with Crippen LogP contribution >= 0.6 is 11.3 Å². The third-order valence-corrected chi connectivity index (χ3v) is 8.97. The minimum atomic E-state index is -0.413. The van der Waals surface area contributed by atoms with E-state index in [0.29, 0.717) is 23.7 Å². The molecule has 0 unspecified atom stereocenters. The van der Waals surface area contributed by atoms with E-state index in [2.05, 4.69) is 54.6 Å². The van der Waals surface area contributed by atoms with E-state index in [0.717, 1.165) is 54.2 Å². The van der Waals surface area contributed by atoms with Gasteiger partial charge in [-0.2, -0.15) is 0 Å². The van der Waals surface area contributed by atoms with E-state index in [-0.39, 0.29) is 5.56 Å². The number of aromatic nitrogens is 6. The van der Waals surface area contributed by atoms with Crippen molar-refractivity contribution in [3.63, 3.8) is 0 Å². The lowest BCUT2D eigenvalue weighted by molar-refractivity contribution is 0.199. The second-order valence-corrected chi connectivity index (χ2v) is 11.4. The molecule has 1 aliphatic rings. The molecule has 3 aromatic carbocycles. The van der Waals surface area contributed by atoms with Gasteiger partial charge >= 0.3 is 0 Å². The predicted molar refractivity (Wildman–Crippen MR) is 164 cm³/mol. The van der Waals surface area contributed by atoms with Crippen LogP contribution in [0.4, 0.5) is 5.13 Å². The molecule has 1 saturated heterocycles. The van der Waals surface area contributed by atoms with Gasteiger partial charge in [-0.05, 0) is 58.1 Å². The fourth-order valence-corrected chi connectivity index (χ4v) is 6.66. The van der Waals surface area contributed by atoms with Crippen molar-refractivity contribution < 1.29 is 4.74 Å². The Morgan fingerprint density at radius 1 is 0.976 bits per heavy atom. The van der Waals surface area contributed by atoms with E-state index in [4.69, 9.17) is 9.72 Å². The van der Waals surface area contributed by atoms with E-state index in [9.17, 15) is 4.79 Å². The number of pyridine rings is 1. The van der Waals surface area contributed by atoms with Crippen LogP contribution in [0.3, 0.4) is 0 Å². The number of benzene rings is 3. The van der Waals surface area contributed by atoms with Crippen molar-refractivity contribution in [2.45, 2.75) is 19.0 Å². The molecule has 1 aliphatic heterocycles. The number of hydrogen-bond donors (Lipinski definition) is 1. The first kappa shape index (κ1) is 26.3. The van der Waals surface area contributed by atoms with Crippen LogP contribution in [0.5, 0.6) is 5.75 Å². The number of para-hydroxylation sites is 1. The number of anilines is 1. The van der Waals surface area contributed by atoms with Crippen LogP contribution in [0, 0.1) is 0 Å². The highest BCUT2D eigenvalue weighted by Gasteiger charge is 2.33. The van der Waals surface area contributed by atoms with Crippen LogP contribution in [0.2, 0.25) is 0 Å². The van der Waals surface area contributed by atoms with Gasteiger partial charge in [0.25, 0.3) is 5.56 Å². The summed E-state index contributed by atoms with van der Waals surface area (Å²) in [5, 5.41) is 14.9. The van der Waals surface area contributed by atoms with Crippen molar-refractivity contribution in [2.24, 2.45) is 0 Å². The lowest BCUT2D eigenvalue weighted by Crippen LogP contribution is -2.49. The minimum Gasteiger partial charge on any atom is -0.497 e. The maximum atomic E-state index is 13.7. The number of nitrogens with zero attached hydrogens (tertiary/aromatic N) is 7. The van der Waals surface area contributed by atoms with Gasteiger partial charge in [-0.15, -0.1) is 5.10 Å². The third kappa shape index (κ3) is 5.12. The average molecular weight is 579 g/mol. The molecule has 0 radical (unpaired) electrons. The number of H-pyrrole nitrogens is 1. The maximum absolute atomic E-state index is 13.7. The first-order valence-electron chi connectivity index (χ1n) is 14.0. The monoisotopic (exact) mass is 578 g/mol. The number of tetrazole rings is 1. The van der Waals surface area contributed by atoms with E-state index in [1.165, 1.54) is 10.3 Å². The van der Waals surface area contributed by atoms with Crippen molar-refractivity contribution in [3.05, 3.63) is 106 Å². The molecule has 1 atom stereocenters. The van der Waals surface area contributed by atoms with E-state index < -0.39 is 6.04 Å². The number of thiazole rings is 1. The molecule has 1 N–H and O–H groups in total. The zero-order valence-electron chi connectivity index (χ0n) is 23.2. The SMILES string of the molecule is COc1ccc2cc([C@@H](c3nnnn3CCc3ccccc3)N3CCN(c4nc5ccccc5s4)CC3)c(=O)[nH]c2c1. The molecule has 10 nitrogen and oxygen atoms in total. The van der Waals surface area contributed by atoms with Crippen LogP contribution in [0.25, 0.3) is 21.1 Å². The maximum Gasteiger partial charge on any atom is 0.253 e. The largest absolute Gasteiger partial charge is 0.497 e. The Hall–Kier alpha value is -4.61. The molecule has 11 heteroatoms. The number of methoxy groups -OCH3 is 1. The zero-order chi connectivity index (χ0) is 28.5. The van der Waals surface area contributed by atoms with E-state index >= 15 is 0 Å². The fraction of sp³-hybridized carbons (Fsp3) is 0.258. The van der Waals surface area contributed by atoms with Gasteiger partial charge in [0.1, 0.15) is 11.8 Å². The standard InChI is InChI=1S/C31H30N8O2S/c1-41-23-12-11-22-19-24(30(40)32-26(22)20-23)28(29-34-35-36-39(29)14-13-21-7-3-2-4-8-21)37-15-17-38(18-16-37)31-33-25-9-5-6-10-27(25)42-31/h2-12,19-20,28H,13-18H2,1H3,(H,32,40)/t28-/m0/s1.